The Kier molecular flexibility index (Phi) is 7.85. The van der Waals surface area contributed by atoms with Gasteiger partial charge < -0.3 is 14.3 Å². The second kappa shape index (κ2) is 11.3. The van der Waals surface area contributed by atoms with Crippen LogP contribution in [0.2, 0.25) is 0 Å². The Labute approximate surface area is 220 Å². The third kappa shape index (κ3) is 5.78. The van der Waals surface area contributed by atoms with Gasteiger partial charge in [0.2, 0.25) is 5.91 Å². The molecule has 1 amide bonds. The number of rotatable bonds is 7. The van der Waals surface area contributed by atoms with Crippen LogP contribution in [0.15, 0.2) is 28.8 Å². The standard InChI is InChI=1S/C28H34F3N5O2/c1-2-7-22-32-26(36-15-6-14-35(16-17-36)23(37)13-12-19-8-3-4-9-19)24-25(34-38-27(24)33-22)20-10-5-11-21(18-20)28(29,30)31/h5,10-11,18-19H,2-4,6-9,12-17H2,1H3. The van der Waals surface area contributed by atoms with Crippen molar-refractivity contribution < 1.29 is 22.5 Å². The van der Waals surface area contributed by atoms with Crippen molar-refractivity contribution in [3.8, 4) is 11.3 Å². The van der Waals surface area contributed by atoms with Crippen molar-refractivity contribution in [3.63, 3.8) is 0 Å². The molecule has 204 valence electrons. The number of alkyl halides is 3. The van der Waals surface area contributed by atoms with E-state index in [1.54, 1.807) is 6.07 Å². The summed E-state index contributed by atoms with van der Waals surface area (Å²) in [6, 6.07) is 5.07. The number of carbonyl (C=O) groups excluding carboxylic acids is 1. The van der Waals surface area contributed by atoms with E-state index in [4.69, 9.17) is 9.51 Å². The van der Waals surface area contributed by atoms with Crippen LogP contribution in [0.25, 0.3) is 22.4 Å². The molecule has 38 heavy (non-hydrogen) atoms. The molecule has 5 rings (SSSR count). The van der Waals surface area contributed by atoms with Gasteiger partial charge in [-0.05, 0) is 37.3 Å². The molecule has 1 aliphatic heterocycles. The van der Waals surface area contributed by atoms with Crippen LogP contribution in [0.3, 0.4) is 0 Å². The number of hydrogen-bond acceptors (Lipinski definition) is 6. The maximum Gasteiger partial charge on any atom is 0.416 e. The fourth-order valence-corrected chi connectivity index (χ4v) is 5.65. The minimum absolute atomic E-state index is 0.202. The first-order chi connectivity index (χ1) is 18.3. The van der Waals surface area contributed by atoms with Crippen molar-refractivity contribution in [2.45, 2.75) is 70.9 Å². The monoisotopic (exact) mass is 529 g/mol. The number of aromatic nitrogens is 3. The van der Waals surface area contributed by atoms with Crippen molar-refractivity contribution in [1.29, 1.82) is 0 Å². The zero-order valence-corrected chi connectivity index (χ0v) is 21.8. The summed E-state index contributed by atoms with van der Waals surface area (Å²) >= 11 is 0. The Morgan fingerprint density at radius 3 is 2.66 bits per heavy atom. The molecule has 0 atom stereocenters. The summed E-state index contributed by atoms with van der Waals surface area (Å²) < 4.78 is 45.8. The van der Waals surface area contributed by atoms with Gasteiger partial charge in [-0.3, -0.25) is 4.79 Å². The van der Waals surface area contributed by atoms with Gasteiger partial charge in [0.15, 0.2) is 0 Å². The molecule has 1 aromatic carbocycles. The van der Waals surface area contributed by atoms with Crippen molar-refractivity contribution >= 4 is 22.8 Å². The Morgan fingerprint density at radius 2 is 1.89 bits per heavy atom. The second-order valence-corrected chi connectivity index (χ2v) is 10.4. The van der Waals surface area contributed by atoms with Gasteiger partial charge in [-0.15, -0.1) is 0 Å². The number of aryl methyl sites for hydroxylation is 1. The summed E-state index contributed by atoms with van der Waals surface area (Å²) in [5.74, 6) is 2.09. The van der Waals surface area contributed by atoms with Crippen molar-refractivity contribution in [2.75, 3.05) is 31.1 Å². The molecule has 10 heteroatoms. The van der Waals surface area contributed by atoms with Gasteiger partial charge >= 0.3 is 6.18 Å². The Balaban J connectivity index is 1.42. The number of benzene rings is 1. The normalized spacial score (nSPS) is 17.4. The predicted octanol–water partition coefficient (Wildman–Crippen LogP) is 6.27. The molecule has 2 aromatic heterocycles. The third-order valence-electron chi connectivity index (χ3n) is 7.69. The van der Waals surface area contributed by atoms with Crippen molar-refractivity contribution in [1.82, 2.24) is 20.0 Å². The van der Waals surface area contributed by atoms with E-state index in [0.717, 1.165) is 31.4 Å². The van der Waals surface area contributed by atoms with Crippen molar-refractivity contribution in [3.05, 3.63) is 35.7 Å². The minimum Gasteiger partial charge on any atom is -0.354 e. The first-order valence-corrected chi connectivity index (χ1v) is 13.7. The molecule has 7 nitrogen and oxygen atoms in total. The highest BCUT2D eigenvalue weighted by molar-refractivity contribution is 5.98. The summed E-state index contributed by atoms with van der Waals surface area (Å²) in [5, 5.41) is 4.64. The average Bonchev–Trinajstić information content (AvgIpc) is 3.51. The average molecular weight is 530 g/mol. The second-order valence-electron chi connectivity index (χ2n) is 10.4. The van der Waals surface area contributed by atoms with Crippen LogP contribution < -0.4 is 4.90 Å². The molecule has 0 spiro atoms. The van der Waals surface area contributed by atoms with Crippen LogP contribution in [-0.2, 0) is 17.4 Å². The van der Waals surface area contributed by atoms with Gasteiger partial charge in [-0.2, -0.15) is 18.2 Å². The van der Waals surface area contributed by atoms with E-state index in [0.29, 0.717) is 67.5 Å². The lowest BCUT2D eigenvalue weighted by molar-refractivity contribution is -0.137. The van der Waals surface area contributed by atoms with Gasteiger partial charge in [-0.1, -0.05) is 49.9 Å². The van der Waals surface area contributed by atoms with Gasteiger partial charge in [0.1, 0.15) is 22.7 Å². The maximum atomic E-state index is 13.4. The number of fused-ring (bicyclic) bond motifs is 1. The molecule has 0 radical (unpaired) electrons. The zero-order valence-electron chi connectivity index (χ0n) is 21.8. The zero-order chi connectivity index (χ0) is 26.7. The molecular formula is C28H34F3N5O2. The summed E-state index contributed by atoms with van der Waals surface area (Å²) in [7, 11) is 0. The SMILES string of the molecule is CCCc1nc(N2CCCN(C(=O)CCC3CCCC3)CC2)c2c(-c3cccc(C(F)(F)F)c3)noc2n1. The molecule has 3 aromatic rings. The number of nitrogens with zero attached hydrogens (tertiary/aromatic N) is 5. The number of amides is 1. The highest BCUT2D eigenvalue weighted by Crippen LogP contribution is 2.37. The molecule has 1 saturated heterocycles. The van der Waals surface area contributed by atoms with Gasteiger partial charge in [0.05, 0.1) is 5.56 Å². The quantitative estimate of drug-likeness (QED) is 0.359. The fourth-order valence-electron chi connectivity index (χ4n) is 5.65. The highest BCUT2D eigenvalue weighted by Gasteiger charge is 2.32. The van der Waals surface area contributed by atoms with Crippen LogP contribution in [0.1, 0.15) is 69.7 Å². The van der Waals surface area contributed by atoms with Gasteiger partial charge in [-0.25, -0.2) is 4.98 Å². The van der Waals surface area contributed by atoms with E-state index in [1.165, 1.54) is 31.7 Å². The van der Waals surface area contributed by atoms with Crippen LogP contribution in [-0.4, -0.2) is 52.1 Å². The summed E-state index contributed by atoms with van der Waals surface area (Å²) in [6.07, 6.45) is 4.35. The Hall–Kier alpha value is -3.17. The number of carbonyl (C=O) groups is 1. The summed E-state index contributed by atoms with van der Waals surface area (Å²) in [6.45, 7) is 4.52. The van der Waals surface area contributed by atoms with E-state index in [-0.39, 0.29) is 17.3 Å². The van der Waals surface area contributed by atoms with E-state index in [2.05, 4.69) is 15.0 Å². The first kappa shape index (κ1) is 26.4. The molecule has 2 fully saturated rings. The molecule has 1 aliphatic carbocycles. The van der Waals surface area contributed by atoms with Gasteiger partial charge in [0, 0.05) is 44.6 Å². The molecule has 3 heterocycles. The van der Waals surface area contributed by atoms with Crippen molar-refractivity contribution in [2.24, 2.45) is 5.92 Å². The predicted molar refractivity (Wildman–Crippen MR) is 139 cm³/mol. The first-order valence-electron chi connectivity index (χ1n) is 13.7. The lowest BCUT2D eigenvalue weighted by Gasteiger charge is -2.24. The molecule has 1 saturated carbocycles. The number of halogens is 3. The maximum absolute atomic E-state index is 13.4. The largest absolute Gasteiger partial charge is 0.416 e. The van der Waals surface area contributed by atoms with Crippen LogP contribution in [0.4, 0.5) is 19.0 Å². The van der Waals surface area contributed by atoms with Gasteiger partial charge in [0.25, 0.3) is 5.71 Å². The third-order valence-corrected chi connectivity index (χ3v) is 7.69. The lowest BCUT2D eigenvalue weighted by atomic mass is 10.0. The molecule has 0 N–H and O–H groups in total. The highest BCUT2D eigenvalue weighted by atomic mass is 19.4. The van der Waals surface area contributed by atoms with E-state index in [9.17, 15) is 18.0 Å². The van der Waals surface area contributed by atoms with Crippen LogP contribution >= 0.6 is 0 Å². The lowest BCUT2D eigenvalue weighted by Crippen LogP contribution is -2.35. The Morgan fingerprint density at radius 1 is 1.08 bits per heavy atom. The van der Waals surface area contributed by atoms with E-state index >= 15 is 0 Å². The van der Waals surface area contributed by atoms with E-state index in [1.807, 2.05) is 11.8 Å². The topological polar surface area (TPSA) is 75.4 Å². The van der Waals surface area contributed by atoms with Crippen LogP contribution in [0.5, 0.6) is 0 Å². The number of anilines is 1. The van der Waals surface area contributed by atoms with E-state index < -0.39 is 11.7 Å². The smallest absolute Gasteiger partial charge is 0.354 e. The molecule has 0 unspecified atom stereocenters. The molecule has 2 aliphatic rings. The summed E-state index contributed by atoms with van der Waals surface area (Å²) in [4.78, 5) is 26.4. The Bertz CT molecular complexity index is 1270. The number of hydrogen-bond donors (Lipinski definition) is 0. The molecular weight excluding hydrogens is 495 g/mol. The fraction of sp³-hybridized carbons (Fsp3) is 0.571. The molecule has 0 bridgehead atoms. The summed E-state index contributed by atoms with van der Waals surface area (Å²) in [5.41, 5.74) is 0.0976. The minimum atomic E-state index is -4.47. The van der Waals surface area contributed by atoms with Crippen LogP contribution in [0, 0.1) is 5.92 Å².